The highest BCUT2D eigenvalue weighted by atomic mass is 35.5. The minimum Gasteiger partial charge on any atom is -0.494 e. The first-order chi connectivity index (χ1) is 16.8. The molecular formula is C25H29ClF3N5O2. The van der Waals surface area contributed by atoms with Crippen LogP contribution in [0, 0.1) is 5.41 Å². The first-order valence-electron chi connectivity index (χ1n) is 11.6. The standard InChI is InChI=1S/C25H28F3N5O2.ClH/c1-2-14-34-19-11-6-16(7-12-19)5-8-17-9-10-18(15-20(17)25(26,27)28)22-31-23(35-32-22)21-4-3-13-33(21)24(29)30;/h6-7,9-12,15,21H,2-5,8,13-14H2,1H3,(H3,29,30);1H/t21-;/m0./s1. The van der Waals surface area contributed by atoms with E-state index in [2.05, 4.69) is 10.1 Å². The molecule has 1 aliphatic heterocycles. The third-order valence-electron chi connectivity index (χ3n) is 6.04. The molecule has 3 aromatic rings. The van der Waals surface area contributed by atoms with Gasteiger partial charge in [-0.2, -0.15) is 18.2 Å². The number of hydrogen-bond acceptors (Lipinski definition) is 5. The fraction of sp³-hybridized carbons (Fsp3) is 0.400. The van der Waals surface area contributed by atoms with E-state index in [9.17, 15) is 13.2 Å². The zero-order chi connectivity index (χ0) is 25.0. The molecule has 1 aliphatic rings. The summed E-state index contributed by atoms with van der Waals surface area (Å²) >= 11 is 0. The topological polar surface area (TPSA) is 101 Å². The monoisotopic (exact) mass is 523 g/mol. The number of ether oxygens (including phenoxy) is 1. The summed E-state index contributed by atoms with van der Waals surface area (Å²) in [5.74, 6) is 0.977. The van der Waals surface area contributed by atoms with Crippen LogP contribution in [-0.4, -0.2) is 34.2 Å². The van der Waals surface area contributed by atoms with Gasteiger partial charge in [0.2, 0.25) is 11.7 Å². The number of likely N-dealkylation sites (tertiary alicyclic amines) is 1. The Morgan fingerprint density at radius 2 is 1.94 bits per heavy atom. The molecule has 7 nitrogen and oxygen atoms in total. The van der Waals surface area contributed by atoms with Crippen molar-refractivity contribution in [1.29, 1.82) is 5.41 Å². The van der Waals surface area contributed by atoms with E-state index in [-0.39, 0.29) is 53.7 Å². The summed E-state index contributed by atoms with van der Waals surface area (Å²) in [5.41, 5.74) is 6.26. The molecule has 1 saturated heterocycles. The van der Waals surface area contributed by atoms with Gasteiger partial charge in [-0.3, -0.25) is 5.41 Å². The quantitative estimate of drug-likeness (QED) is 0.286. The largest absolute Gasteiger partial charge is 0.494 e. The van der Waals surface area contributed by atoms with Crippen LogP contribution in [0.25, 0.3) is 11.4 Å². The average molecular weight is 524 g/mol. The molecule has 1 aromatic heterocycles. The zero-order valence-electron chi connectivity index (χ0n) is 19.8. The number of alkyl halides is 3. The Balaban J connectivity index is 0.00000361. The lowest BCUT2D eigenvalue weighted by Crippen LogP contribution is -2.35. The Bertz CT molecular complexity index is 1170. The molecular weight excluding hydrogens is 495 g/mol. The van der Waals surface area contributed by atoms with Crippen molar-refractivity contribution in [2.75, 3.05) is 13.2 Å². The molecule has 2 aromatic carbocycles. The summed E-state index contributed by atoms with van der Waals surface area (Å²) in [6.07, 6.45) is -1.43. The third-order valence-corrected chi connectivity index (χ3v) is 6.04. The summed E-state index contributed by atoms with van der Waals surface area (Å²) in [5, 5.41) is 11.6. The van der Waals surface area contributed by atoms with Crippen molar-refractivity contribution < 1.29 is 22.4 Å². The molecule has 0 amide bonds. The van der Waals surface area contributed by atoms with Crippen molar-refractivity contribution in [2.24, 2.45) is 5.73 Å². The Kier molecular flexibility index (Phi) is 8.84. The summed E-state index contributed by atoms with van der Waals surface area (Å²) in [6, 6.07) is 11.2. The minimum absolute atomic E-state index is 0. The van der Waals surface area contributed by atoms with Crippen molar-refractivity contribution in [3.05, 3.63) is 65.0 Å². The van der Waals surface area contributed by atoms with Gasteiger partial charge >= 0.3 is 6.18 Å². The lowest BCUT2D eigenvalue weighted by Gasteiger charge is -2.21. The molecule has 4 rings (SSSR count). The molecule has 2 heterocycles. The fourth-order valence-electron chi connectivity index (χ4n) is 4.25. The van der Waals surface area contributed by atoms with Crippen LogP contribution in [0.2, 0.25) is 0 Å². The summed E-state index contributed by atoms with van der Waals surface area (Å²) < 4.78 is 52.6. The lowest BCUT2D eigenvalue weighted by molar-refractivity contribution is -0.138. The fourth-order valence-corrected chi connectivity index (χ4v) is 4.25. The van der Waals surface area contributed by atoms with Crippen LogP contribution in [0.15, 0.2) is 47.0 Å². The summed E-state index contributed by atoms with van der Waals surface area (Å²) in [6.45, 7) is 3.24. The number of aryl methyl sites for hydroxylation is 2. The molecule has 0 bridgehead atoms. The van der Waals surface area contributed by atoms with E-state index >= 15 is 0 Å². The maximum atomic E-state index is 13.9. The van der Waals surface area contributed by atoms with Crippen LogP contribution in [0.5, 0.6) is 5.75 Å². The van der Waals surface area contributed by atoms with Crippen LogP contribution < -0.4 is 10.5 Å². The van der Waals surface area contributed by atoms with Crippen LogP contribution in [0.4, 0.5) is 13.2 Å². The summed E-state index contributed by atoms with van der Waals surface area (Å²) in [4.78, 5) is 5.96. The van der Waals surface area contributed by atoms with Gasteiger partial charge in [-0.05, 0) is 61.4 Å². The third kappa shape index (κ3) is 6.29. The van der Waals surface area contributed by atoms with E-state index in [1.165, 1.54) is 6.07 Å². The first kappa shape index (κ1) is 27.3. The maximum Gasteiger partial charge on any atom is 0.416 e. The van der Waals surface area contributed by atoms with Gasteiger partial charge in [0.05, 0.1) is 12.2 Å². The van der Waals surface area contributed by atoms with Crippen molar-refractivity contribution >= 4 is 18.4 Å². The van der Waals surface area contributed by atoms with Crippen LogP contribution in [0.1, 0.15) is 54.8 Å². The highest BCUT2D eigenvalue weighted by Crippen LogP contribution is 2.36. The second kappa shape index (κ2) is 11.6. The van der Waals surface area contributed by atoms with E-state index in [0.717, 1.165) is 30.2 Å². The predicted octanol–water partition coefficient (Wildman–Crippen LogP) is 5.78. The van der Waals surface area contributed by atoms with Crippen LogP contribution in [0.3, 0.4) is 0 Å². The smallest absolute Gasteiger partial charge is 0.416 e. The van der Waals surface area contributed by atoms with Crippen LogP contribution in [-0.2, 0) is 19.0 Å². The average Bonchev–Trinajstić information content (AvgIpc) is 3.51. The normalized spacial score (nSPS) is 15.6. The maximum absolute atomic E-state index is 13.9. The number of nitrogens with one attached hydrogen (secondary N) is 1. The van der Waals surface area contributed by atoms with E-state index in [4.69, 9.17) is 20.4 Å². The number of hydrogen-bond donors (Lipinski definition) is 2. The highest BCUT2D eigenvalue weighted by Gasteiger charge is 2.35. The van der Waals surface area contributed by atoms with E-state index in [0.29, 0.717) is 26.0 Å². The number of nitrogens with zero attached hydrogens (tertiary/aromatic N) is 3. The van der Waals surface area contributed by atoms with Gasteiger partial charge < -0.3 is 19.9 Å². The molecule has 0 unspecified atom stereocenters. The van der Waals surface area contributed by atoms with Gasteiger partial charge in [0, 0.05) is 12.1 Å². The number of rotatable bonds is 8. The van der Waals surface area contributed by atoms with Crippen LogP contribution >= 0.6 is 12.4 Å². The molecule has 1 atom stereocenters. The van der Waals surface area contributed by atoms with Gasteiger partial charge in [-0.25, -0.2) is 0 Å². The Hall–Kier alpha value is -3.27. The molecule has 0 aliphatic carbocycles. The molecule has 0 radical (unpaired) electrons. The van der Waals surface area contributed by atoms with Crippen molar-refractivity contribution in [3.8, 4) is 17.1 Å². The van der Waals surface area contributed by atoms with Gasteiger partial charge in [0.15, 0.2) is 5.96 Å². The second-order valence-electron chi connectivity index (χ2n) is 8.55. The second-order valence-corrected chi connectivity index (χ2v) is 8.55. The number of nitrogens with two attached hydrogens (primary N) is 1. The summed E-state index contributed by atoms with van der Waals surface area (Å²) in [7, 11) is 0. The molecule has 0 spiro atoms. The molecule has 194 valence electrons. The number of guanidine groups is 1. The van der Waals surface area contributed by atoms with E-state index < -0.39 is 11.7 Å². The van der Waals surface area contributed by atoms with Gasteiger partial charge in [-0.1, -0.05) is 36.3 Å². The number of aromatic nitrogens is 2. The zero-order valence-corrected chi connectivity index (χ0v) is 20.7. The molecule has 1 fully saturated rings. The lowest BCUT2D eigenvalue weighted by atomic mass is 9.97. The molecule has 0 saturated carbocycles. The van der Waals surface area contributed by atoms with Gasteiger partial charge in [0.1, 0.15) is 11.8 Å². The molecule has 11 heteroatoms. The Labute approximate surface area is 213 Å². The molecule has 36 heavy (non-hydrogen) atoms. The SMILES string of the molecule is CCCOc1ccc(CCc2ccc(-c3noc([C@@H]4CCCN4C(=N)N)n3)cc2C(F)(F)F)cc1.Cl. The van der Waals surface area contributed by atoms with Crippen molar-refractivity contribution in [1.82, 2.24) is 15.0 Å². The van der Waals surface area contributed by atoms with Gasteiger partial charge in [-0.15, -0.1) is 12.4 Å². The minimum atomic E-state index is -4.52. The van der Waals surface area contributed by atoms with E-state index in [1.807, 2.05) is 31.2 Å². The van der Waals surface area contributed by atoms with Crippen molar-refractivity contribution in [3.63, 3.8) is 0 Å². The number of halogens is 4. The predicted molar refractivity (Wildman–Crippen MR) is 132 cm³/mol. The highest BCUT2D eigenvalue weighted by molar-refractivity contribution is 5.85. The molecule has 3 N–H and O–H groups in total. The Morgan fingerprint density at radius 1 is 1.19 bits per heavy atom. The van der Waals surface area contributed by atoms with Gasteiger partial charge in [0.25, 0.3) is 0 Å². The number of benzene rings is 2. The van der Waals surface area contributed by atoms with E-state index in [1.54, 1.807) is 11.0 Å². The van der Waals surface area contributed by atoms with Crippen molar-refractivity contribution in [2.45, 2.75) is 51.2 Å². The Morgan fingerprint density at radius 3 is 2.61 bits per heavy atom. The first-order valence-corrected chi connectivity index (χ1v) is 11.6.